The Morgan fingerprint density at radius 2 is 2.00 bits per heavy atom. The zero-order chi connectivity index (χ0) is 19.8. The lowest BCUT2D eigenvalue weighted by molar-refractivity contribution is 0.0928. The van der Waals surface area contributed by atoms with Gasteiger partial charge >= 0.3 is 5.69 Å². The smallest absolute Gasteiger partial charge is 0.349 e. The van der Waals surface area contributed by atoms with E-state index in [0.717, 1.165) is 25.7 Å². The van der Waals surface area contributed by atoms with Gasteiger partial charge < -0.3 is 5.32 Å². The summed E-state index contributed by atoms with van der Waals surface area (Å²) in [4.78, 5) is 38.1. The Labute approximate surface area is 161 Å². The van der Waals surface area contributed by atoms with Crippen LogP contribution in [0.15, 0.2) is 27.8 Å². The Kier molecular flexibility index (Phi) is 4.78. The van der Waals surface area contributed by atoms with Gasteiger partial charge in [-0.25, -0.2) is 14.3 Å². The van der Waals surface area contributed by atoms with E-state index in [2.05, 4.69) is 15.5 Å². The number of aromatic nitrogens is 4. The van der Waals surface area contributed by atoms with Gasteiger partial charge in [-0.05, 0) is 37.0 Å². The number of amides is 1. The van der Waals surface area contributed by atoms with E-state index >= 15 is 0 Å². The molecule has 148 valence electrons. The molecule has 1 amide bonds. The first-order chi connectivity index (χ1) is 13.5. The molecule has 0 atom stereocenters. The molecular formula is C20H25N5O3. The van der Waals surface area contributed by atoms with E-state index in [-0.39, 0.29) is 29.2 Å². The maximum Gasteiger partial charge on any atom is 0.349 e. The summed E-state index contributed by atoms with van der Waals surface area (Å²) in [5, 5.41) is 9.93. The monoisotopic (exact) mass is 383 g/mol. The molecule has 2 aromatic heterocycles. The summed E-state index contributed by atoms with van der Waals surface area (Å²) in [6.45, 7) is 4.44. The molecule has 2 heterocycles. The van der Waals surface area contributed by atoms with Gasteiger partial charge in [-0.1, -0.05) is 33.1 Å². The van der Waals surface area contributed by atoms with Crippen molar-refractivity contribution >= 4 is 22.6 Å². The molecule has 4 rings (SSSR count). The zero-order valence-corrected chi connectivity index (χ0v) is 16.2. The number of hydrogen-bond acceptors (Lipinski definition) is 4. The van der Waals surface area contributed by atoms with Crippen molar-refractivity contribution in [3.63, 3.8) is 0 Å². The van der Waals surface area contributed by atoms with Crippen molar-refractivity contribution in [2.45, 2.75) is 58.5 Å². The van der Waals surface area contributed by atoms with Crippen LogP contribution in [0.5, 0.6) is 0 Å². The third-order valence-electron chi connectivity index (χ3n) is 5.36. The van der Waals surface area contributed by atoms with Crippen molar-refractivity contribution in [2.24, 2.45) is 5.92 Å². The topological polar surface area (TPSA) is 101 Å². The molecule has 0 aliphatic heterocycles. The Hall–Kier alpha value is -2.90. The van der Waals surface area contributed by atoms with Crippen LogP contribution in [0.3, 0.4) is 0 Å². The summed E-state index contributed by atoms with van der Waals surface area (Å²) in [6, 6.07) is 5.08. The highest BCUT2D eigenvalue weighted by atomic mass is 16.2. The molecule has 0 spiro atoms. The fourth-order valence-electron chi connectivity index (χ4n) is 4.01. The molecule has 8 heteroatoms. The van der Waals surface area contributed by atoms with Crippen LogP contribution in [0.2, 0.25) is 0 Å². The van der Waals surface area contributed by atoms with Gasteiger partial charge in [0.1, 0.15) is 0 Å². The van der Waals surface area contributed by atoms with Gasteiger partial charge in [0, 0.05) is 18.2 Å². The number of nitrogens with one attached hydrogen (secondary N) is 2. The Balaban J connectivity index is 1.82. The number of aromatic amines is 1. The maximum absolute atomic E-state index is 13.0. The number of carbonyl (C=O) groups is 1. The van der Waals surface area contributed by atoms with Crippen LogP contribution < -0.4 is 16.6 Å². The van der Waals surface area contributed by atoms with Crippen LogP contribution in [0, 0.1) is 5.92 Å². The van der Waals surface area contributed by atoms with Crippen molar-refractivity contribution in [3.8, 4) is 0 Å². The second-order valence-corrected chi connectivity index (χ2v) is 8.01. The van der Waals surface area contributed by atoms with Gasteiger partial charge in [-0.2, -0.15) is 0 Å². The number of carbonyl (C=O) groups excluding carboxylic acids is 1. The normalized spacial score (nSPS) is 15.5. The molecule has 0 radical (unpaired) electrons. The molecule has 0 bridgehead atoms. The van der Waals surface area contributed by atoms with E-state index in [0.29, 0.717) is 23.0 Å². The van der Waals surface area contributed by atoms with Gasteiger partial charge in [-0.3, -0.25) is 14.2 Å². The first-order valence-electron chi connectivity index (χ1n) is 9.90. The van der Waals surface area contributed by atoms with Crippen molar-refractivity contribution < 1.29 is 4.79 Å². The molecule has 1 aliphatic carbocycles. The van der Waals surface area contributed by atoms with E-state index in [9.17, 15) is 14.4 Å². The molecule has 1 fully saturated rings. The van der Waals surface area contributed by atoms with Crippen LogP contribution in [0.1, 0.15) is 56.3 Å². The van der Waals surface area contributed by atoms with Crippen molar-refractivity contribution in [3.05, 3.63) is 44.6 Å². The second kappa shape index (κ2) is 7.26. The number of benzene rings is 1. The standard InChI is InChI=1S/C20H25N5O3/c1-12(2)11-24-18(27)15-9-8-13(17(26)21-14-6-4-3-5-7-14)10-16(15)25-19(24)22-23-20(25)28/h8-10,12,14H,3-7,11H2,1-2H3,(H,21,26)(H,23,28). The number of rotatable bonds is 4. The molecule has 1 aromatic carbocycles. The predicted molar refractivity (Wildman–Crippen MR) is 107 cm³/mol. The summed E-state index contributed by atoms with van der Waals surface area (Å²) >= 11 is 0. The first-order valence-corrected chi connectivity index (χ1v) is 9.90. The van der Waals surface area contributed by atoms with E-state index < -0.39 is 5.69 Å². The molecule has 8 nitrogen and oxygen atoms in total. The molecular weight excluding hydrogens is 358 g/mol. The number of nitrogens with zero attached hydrogens (tertiary/aromatic N) is 3. The van der Waals surface area contributed by atoms with E-state index in [1.165, 1.54) is 15.4 Å². The maximum atomic E-state index is 13.0. The number of H-pyrrole nitrogens is 1. The molecule has 1 aliphatic rings. The Morgan fingerprint density at radius 3 is 2.71 bits per heavy atom. The first kappa shape index (κ1) is 18.5. The fraction of sp³-hybridized carbons (Fsp3) is 0.500. The van der Waals surface area contributed by atoms with Crippen LogP contribution >= 0.6 is 0 Å². The molecule has 0 unspecified atom stereocenters. The van der Waals surface area contributed by atoms with Gasteiger partial charge in [0.2, 0.25) is 5.78 Å². The lowest BCUT2D eigenvalue weighted by Crippen LogP contribution is -2.36. The SMILES string of the molecule is CC(C)Cn1c(=O)c2ccc(C(=O)NC3CCCCC3)cc2n2c(=O)[nH]nc12. The number of fused-ring (bicyclic) bond motifs is 3. The van der Waals surface area contributed by atoms with Crippen LogP contribution in [0.4, 0.5) is 0 Å². The van der Waals surface area contributed by atoms with Gasteiger partial charge in [-0.15, -0.1) is 5.10 Å². The molecule has 3 aromatic rings. The average molecular weight is 383 g/mol. The minimum absolute atomic E-state index is 0.176. The lowest BCUT2D eigenvalue weighted by Gasteiger charge is -2.22. The predicted octanol–water partition coefficient (Wildman–Crippen LogP) is 2.06. The third-order valence-corrected chi connectivity index (χ3v) is 5.36. The van der Waals surface area contributed by atoms with Crippen molar-refractivity contribution in [2.75, 3.05) is 0 Å². The minimum Gasteiger partial charge on any atom is -0.349 e. The lowest BCUT2D eigenvalue weighted by atomic mass is 9.95. The van der Waals surface area contributed by atoms with Gasteiger partial charge in [0.15, 0.2) is 0 Å². The second-order valence-electron chi connectivity index (χ2n) is 8.01. The Bertz CT molecular complexity index is 1150. The molecule has 28 heavy (non-hydrogen) atoms. The largest absolute Gasteiger partial charge is 0.349 e. The molecule has 0 saturated heterocycles. The van der Waals surface area contributed by atoms with Crippen LogP contribution in [-0.4, -0.2) is 31.1 Å². The highest BCUT2D eigenvalue weighted by Crippen LogP contribution is 2.19. The van der Waals surface area contributed by atoms with Gasteiger partial charge in [0.05, 0.1) is 10.9 Å². The highest BCUT2D eigenvalue weighted by Gasteiger charge is 2.19. The quantitative estimate of drug-likeness (QED) is 0.720. The van der Waals surface area contributed by atoms with E-state index in [1.807, 2.05) is 13.8 Å². The van der Waals surface area contributed by atoms with Gasteiger partial charge in [0.25, 0.3) is 11.5 Å². The Morgan fingerprint density at radius 1 is 1.25 bits per heavy atom. The highest BCUT2D eigenvalue weighted by molar-refractivity contribution is 5.98. The zero-order valence-electron chi connectivity index (χ0n) is 16.2. The molecule has 1 saturated carbocycles. The molecule has 2 N–H and O–H groups in total. The van der Waals surface area contributed by atoms with Crippen LogP contribution in [-0.2, 0) is 6.54 Å². The fourth-order valence-corrected chi connectivity index (χ4v) is 4.01. The minimum atomic E-state index is -0.428. The van der Waals surface area contributed by atoms with Crippen molar-refractivity contribution in [1.29, 1.82) is 0 Å². The summed E-state index contributed by atoms with van der Waals surface area (Å²) in [5.41, 5.74) is 0.195. The van der Waals surface area contributed by atoms with Crippen molar-refractivity contribution in [1.82, 2.24) is 24.5 Å². The summed E-state index contributed by atoms with van der Waals surface area (Å²) in [7, 11) is 0. The number of hydrogen-bond donors (Lipinski definition) is 2. The summed E-state index contributed by atoms with van der Waals surface area (Å²) < 4.78 is 2.88. The summed E-state index contributed by atoms with van der Waals surface area (Å²) in [5.74, 6) is 0.303. The van der Waals surface area contributed by atoms with E-state index in [4.69, 9.17) is 0 Å². The summed E-state index contributed by atoms with van der Waals surface area (Å²) in [6.07, 6.45) is 5.45. The average Bonchev–Trinajstić information content (AvgIpc) is 3.07. The third kappa shape index (κ3) is 3.23. The van der Waals surface area contributed by atoms with E-state index in [1.54, 1.807) is 18.2 Å². The van der Waals surface area contributed by atoms with Crippen LogP contribution in [0.25, 0.3) is 16.7 Å².